The van der Waals surface area contributed by atoms with Gasteiger partial charge in [0.2, 0.25) is 11.8 Å². The van der Waals surface area contributed by atoms with Crippen LogP contribution in [-0.4, -0.2) is 48.5 Å². The normalized spacial score (nSPS) is 12.7. The van der Waals surface area contributed by atoms with Gasteiger partial charge in [0.1, 0.15) is 23.5 Å². The van der Waals surface area contributed by atoms with Gasteiger partial charge < -0.3 is 20.1 Å². The van der Waals surface area contributed by atoms with Gasteiger partial charge in [-0.15, -0.1) is 0 Å². The maximum absolute atomic E-state index is 13.6. The number of methoxy groups -OCH3 is 1. The zero-order chi connectivity index (χ0) is 26.2. The fourth-order valence-electron chi connectivity index (χ4n) is 3.31. The van der Waals surface area contributed by atoms with Crippen LogP contribution in [0.5, 0.6) is 0 Å². The molecule has 2 N–H and O–H groups in total. The molecule has 0 radical (unpaired) electrons. The number of amides is 2. The Bertz CT molecular complexity index is 1060. The van der Waals surface area contributed by atoms with Crippen LogP contribution in [0.4, 0.5) is 4.39 Å². The highest BCUT2D eigenvalue weighted by Gasteiger charge is 2.27. The third-order valence-corrected chi connectivity index (χ3v) is 4.85. The largest absolute Gasteiger partial charge is 0.467 e. The monoisotopic (exact) mass is 486 g/mol. The van der Waals surface area contributed by atoms with Gasteiger partial charge in [0.25, 0.3) is 0 Å². The van der Waals surface area contributed by atoms with Crippen LogP contribution in [0.15, 0.2) is 48.5 Å². The Morgan fingerprint density at radius 3 is 2.09 bits per heavy atom. The minimum atomic E-state index is -1.05. The number of carbonyl (C=O) groups excluding carboxylic acids is 4. The van der Waals surface area contributed by atoms with Crippen LogP contribution < -0.4 is 10.6 Å². The molecule has 2 amide bonds. The van der Waals surface area contributed by atoms with Gasteiger partial charge in [-0.2, -0.15) is 0 Å². The van der Waals surface area contributed by atoms with Gasteiger partial charge in [-0.05, 0) is 56.2 Å². The van der Waals surface area contributed by atoms with E-state index >= 15 is 0 Å². The van der Waals surface area contributed by atoms with Crippen LogP contribution in [0.2, 0.25) is 0 Å². The molecular weight excluding hydrogens is 455 g/mol. The Morgan fingerprint density at radius 1 is 0.914 bits per heavy atom. The van der Waals surface area contributed by atoms with Crippen molar-refractivity contribution in [1.29, 1.82) is 0 Å². The van der Waals surface area contributed by atoms with Gasteiger partial charge >= 0.3 is 11.9 Å². The SMILES string of the molecule is COC(=O)[C@H](Cc1ccc(C(=O)OC(C)(C)C)cc1)NC(=O)[C@H](Cc1cccc(F)c1)NC(C)=O. The molecule has 2 atom stereocenters. The number of ether oxygens (including phenoxy) is 2. The lowest BCUT2D eigenvalue weighted by Crippen LogP contribution is -2.53. The molecule has 8 nitrogen and oxygen atoms in total. The predicted molar refractivity (Wildman–Crippen MR) is 127 cm³/mol. The third kappa shape index (κ3) is 9.19. The molecule has 2 aromatic rings. The van der Waals surface area contributed by atoms with E-state index < -0.39 is 47.3 Å². The third-order valence-electron chi connectivity index (χ3n) is 4.85. The van der Waals surface area contributed by atoms with Crippen molar-refractivity contribution >= 4 is 23.8 Å². The van der Waals surface area contributed by atoms with Crippen LogP contribution in [0.1, 0.15) is 49.2 Å². The quantitative estimate of drug-likeness (QED) is 0.528. The predicted octanol–water partition coefficient (Wildman–Crippen LogP) is 2.73. The van der Waals surface area contributed by atoms with E-state index in [2.05, 4.69) is 10.6 Å². The summed E-state index contributed by atoms with van der Waals surface area (Å²) in [6, 6.07) is 10.1. The highest BCUT2D eigenvalue weighted by Crippen LogP contribution is 2.14. The lowest BCUT2D eigenvalue weighted by Gasteiger charge is -2.22. The summed E-state index contributed by atoms with van der Waals surface area (Å²) < 4.78 is 23.7. The van der Waals surface area contributed by atoms with Crippen LogP contribution in [0.25, 0.3) is 0 Å². The van der Waals surface area contributed by atoms with Crippen molar-refractivity contribution in [2.75, 3.05) is 7.11 Å². The van der Waals surface area contributed by atoms with E-state index in [1.54, 1.807) is 51.1 Å². The molecule has 9 heteroatoms. The second-order valence-corrected chi connectivity index (χ2v) is 9.07. The van der Waals surface area contributed by atoms with Gasteiger partial charge in [-0.1, -0.05) is 24.3 Å². The molecule has 0 fully saturated rings. The lowest BCUT2D eigenvalue weighted by molar-refractivity contribution is -0.145. The minimum Gasteiger partial charge on any atom is -0.467 e. The molecule has 188 valence electrons. The van der Waals surface area contributed by atoms with Gasteiger partial charge in [0.05, 0.1) is 12.7 Å². The first-order valence-electron chi connectivity index (χ1n) is 11.1. The maximum atomic E-state index is 13.6. The fraction of sp³-hybridized carbons (Fsp3) is 0.385. The number of nitrogens with one attached hydrogen (secondary N) is 2. The number of carbonyl (C=O) groups is 4. The number of rotatable bonds is 9. The molecule has 0 aromatic heterocycles. The molecule has 0 aliphatic heterocycles. The lowest BCUT2D eigenvalue weighted by atomic mass is 10.0. The average molecular weight is 487 g/mol. The number of halogens is 1. The first-order valence-corrected chi connectivity index (χ1v) is 11.1. The molecular formula is C26H31FN2O6. The Labute approximate surface area is 204 Å². The standard InChI is InChI=1S/C26H31FN2O6/c1-16(30)28-21(15-18-7-6-8-20(27)13-18)23(31)29-22(25(33)34-5)14-17-9-11-19(12-10-17)24(32)35-26(2,3)4/h6-13,21-22H,14-15H2,1-5H3,(H,28,30)(H,29,31)/t21-,22-/m0/s1. The summed E-state index contributed by atoms with van der Waals surface area (Å²) in [4.78, 5) is 49.2. The van der Waals surface area contributed by atoms with E-state index in [9.17, 15) is 23.6 Å². The molecule has 2 rings (SSSR count). The Hall–Kier alpha value is -3.75. The summed E-state index contributed by atoms with van der Waals surface area (Å²) in [5, 5.41) is 5.15. The van der Waals surface area contributed by atoms with Crippen molar-refractivity contribution in [2.45, 2.75) is 58.2 Å². The second kappa shape index (κ2) is 12.1. The molecule has 35 heavy (non-hydrogen) atoms. The summed E-state index contributed by atoms with van der Waals surface area (Å²) in [5.41, 5.74) is 0.884. The van der Waals surface area contributed by atoms with Crippen LogP contribution in [0, 0.1) is 5.82 Å². The molecule has 0 spiro atoms. The summed E-state index contributed by atoms with van der Waals surface area (Å²) in [6.07, 6.45) is 0.113. The second-order valence-electron chi connectivity index (χ2n) is 9.07. The minimum absolute atomic E-state index is 0.0294. The van der Waals surface area contributed by atoms with Gasteiger partial charge in [0.15, 0.2) is 0 Å². The van der Waals surface area contributed by atoms with Crippen molar-refractivity contribution in [3.63, 3.8) is 0 Å². The van der Waals surface area contributed by atoms with E-state index in [1.807, 2.05) is 0 Å². The van der Waals surface area contributed by atoms with Crippen molar-refractivity contribution in [3.05, 3.63) is 71.0 Å². The van der Waals surface area contributed by atoms with Crippen LogP contribution in [0.3, 0.4) is 0 Å². The van der Waals surface area contributed by atoms with Crippen molar-refractivity contribution in [2.24, 2.45) is 0 Å². The molecule has 2 aromatic carbocycles. The fourth-order valence-corrected chi connectivity index (χ4v) is 3.31. The Balaban J connectivity index is 2.15. The molecule has 0 aliphatic rings. The number of benzene rings is 2. The molecule has 0 heterocycles. The number of hydrogen-bond donors (Lipinski definition) is 2. The van der Waals surface area contributed by atoms with Crippen LogP contribution >= 0.6 is 0 Å². The molecule has 0 saturated carbocycles. The maximum Gasteiger partial charge on any atom is 0.338 e. The van der Waals surface area contributed by atoms with E-state index in [-0.39, 0.29) is 12.8 Å². The summed E-state index contributed by atoms with van der Waals surface area (Å²) in [6.45, 7) is 6.57. The number of hydrogen-bond acceptors (Lipinski definition) is 6. The highest BCUT2D eigenvalue weighted by molar-refractivity contribution is 5.91. The first kappa shape index (κ1) is 27.5. The number of esters is 2. The van der Waals surface area contributed by atoms with Gasteiger partial charge in [-0.3, -0.25) is 9.59 Å². The molecule has 0 aliphatic carbocycles. The zero-order valence-electron chi connectivity index (χ0n) is 20.5. The van der Waals surface area contributed by atoms with Gasteiger partial charge in [-0.25, -0.2) is 14.0 Å². The first-order chi connectivity index (χ1) is 16.4. The van der Waals surface area contributed by atoms with Crippen molar-refractivity contribution < 1.29 is 33.0 Å². The van der Waals surface area contributed by atoms with Crippen molar-refractivity contribution in [1.82, 2.24) is 10.6 Å². The average Bonchev–Trinajstić information content (AvgIpc) is 2.76. The summed E-state index contributed by atoms with van der Waals surface area (Å²) in [7, 11) is 1.20. The molecule has 0 saturated heterocycles. The molecule has 0 bridgehead atoms. The molecule has 0 unspecified atom stereocenters. The van der Waals surface area contributed by atoms with E-state index in [1.165, 1.54) is 32.2 Å². The Morgan fingerprint density at radius 2 is 1.54 bits per heavy atom. The summed E-state index contributed by atoms with van der Waals surface area (Å²) >= 11 is 0. The van der Waals surface area contributed by atoms with Crippen LogP contribution in [-0.2, 0) is 36.7 Å². The van der Waals surface area contributed by atoms with E-state index in [4.69, 9.17) is 9.47 Å². The topological polar surface area (TPSA) is 111 Å². The summed E-state index contributed by atoms with van der Waals surface area (Å²) in [5.74, 6) is -2.69. The zero-order valence-corrected chi connectivity index (χ0v) is 20.5. The van der Waals surface area contributed by atoms with Gasteiger partial charge in [0, 0.05) is 19.8 Å². The van der Waals surface area contributed by atoms with E-state index in [0.717, 1.165) is 0 Å². The van der Waals surface area contributed by atoms with Crippen molar-refractivity contribution in [3.8, 4) is 0 Å². The van der Waals surface area contributed by atoms with E-state index in [0.29, 0.717) is 16.7 Å². The highest BCUT2D eigenvalue weighted by atomic mass is 19.1. The smallest absolute Gasteiger partial charge is 0.338 e. The Kier molecular flexibility index (Phi) is 9.50.